The highest BCUT2D eigenvalue weighted by molar-refractivity contribution is 7.89. The van der Waals surface area contributed by atoms with Gasteiger partial charge in [-0.1, -0.05) is 255 Å². The predicted molar refractivity (Wildman–Crippen MR) is 251 cm³/mol. The molecule has 0 heterocycles. The lowest BCUT2D eigenvalue weighted by atomic mass is 10.0. The lowest BCUT2D eigenvalue weighted by Gasteiger charge is -2.45. The van der Waals surface area contributed by atoms with Crippen LogP contribution >= 0.6 is 0 Å². The normalized spacial score (nSPS) is 13.7. The van der Waals surface area contributed by atoms with E-state index in [0.29, 0.717) is 6.42 Å². The van der Waals surface area contributed by atoms with Crippen LogP contribution in [0.25, 0.3) is 0 Å². The van der Waals surface area contributed by atoms with E-state index in [1.54, 1.807) is 0 Å². The van der Waals surface area contributed by atoms with Crippen LogP contribution in [0, 0.1) is 0 Å². The molecule has 0 radical (unpaired) electrons. The summed E-state index contributed by atoms with van der Waals surface area (Å²) in [5.74, 6) is 0.0654. The zero-order valence-corrected chi connectivity index (χ0v) is 39.3. The van der Waals surface area contributed by atoms with Crippen molar-refractivity contribution in [3.05, 3.63) is 72.8 Å². The molecule has 7 heteroatoms. The van der Waals surface area contributed by atoms with Crippen LogP contribution in [0.4, 0.5) is 0 Å². The summed E-state index contributed by atoms with van der Waals surface area (Å²) in [5, 5.41) is 12.9. The van der Waals surface area contributed by atoms with Crippen molar-refractivity contribution in [2.45, 2.75) is 219 Å². The van der Waals surface area contributed by atoms with E-state index in [0.717, 1.165) is 36.1 Å². The second-order valence-electron chi connectivity index (χ2n) is 17.8. The average Bonchev–Trinajstić information content (AvgIpc) is 3.20. The number of allylic oxidation sites excluding steroid dienone is 1. The van der Waals surface area contributed by atoms with Gasteiger partial charge in [-0.15, -0.1) is 0 Å². The maximum Gasteiger partial charge on any atom is 0.261 e. The molecule has 0 aromatic heterocycles. The fourth-order valence-corrected chi connectivity index (χ4v) is 14.3. The fourth-order valence-electron chi connectivity index (χ4n) is 8.29. The maximum atomic E-state index is 13.6. The third kappa shape index (κ3) is 21.4. The molecule has 2 aromatic carbocycles. The minimum absolute atomic E-state index is 0.0654. The van der Waals surface area contributed by atoms with Crippen LogP contribution < -0.4 is 15.1 Å². The van der Waals surface area contributed by atoms with Crippen LogP contribution in [0.1, 0.15) is 202 Å². The van der Waals surface area contributed by atoms with E-state index in [4.69, 9.17) is 4.43 Å². The second-order valence-corrected chi connectivity index (χ2v) is 23.9. The number of aliphatic hydroxyl groups is 1. The molecule has 0 bridgehead atoms. The monoisotopic (exact) mass is 826 g/mol. The number of nitrogens with one attached hydrogen (secondary N) is 1. The number of sulfonamides is 1. The number of rotatable bonds is 36. The van der Waals surface area contributed by atoms with Crippen molar-refractivity contribution in [1.29, 1.82) is 0 Å². The SMILES string of the molecule is CCCCCCCCCCCCC/C=C/[C@@H](O[Si](c1ccccc1)(c1ccccc1)C(C)(C)C)[C@H](CO)NS(=O)(=O)CCCCCCCCCCCCCCCC. The van der Waals surface area contributed by atoms with Gasteiger partial charge in [0.15, 0.2) is 0 Å². The van der Waals surface area contributed by atoms with Gasteiger partial charge in [-0.25, -0.2) is 13.1 Å². The fraction of sp³-hybridized carbons (Fsp3) is 0.720. The molecule has 0 spiro atoms. The van der Waals surface area contributed by atoms with Crippen LogP contribution in [0.3, 0.4) is 0 Å². The van der Waals surface area contributed by atoms with Crippen molar-refractivity contribution in [2.24, 2.45) is 0 Å². The molecule has 0 amide bonds. The summed E-state index contributed by atoms with van der Waals surface area (Å²) in [5.41, 5.74) is 0. The molecule has 0 aliphatic heterocycles. The number of benzene rings is 2. The summed E-state index contributed by atoms with van der Waals surface area (Å²) in [6, 6.07) is 20.2. The molecule has 2 atom stereocenters. The van der Waals surface area contributed by atoms with Crippen LogP contribution in [-0.2, 0) is 14.4 Å². The molecule has 326 valence electrons. The Balaban J connectivity index is 2.07. The van der Waals surface area contributed by atoms with Gasteiger partial charge >= 0.3 is 0 Å². The standard InChI is InChI=1S/C50H87NO4SSi/c1-6-8-10-12-14-16-18-20-22-24-26-28-30-38-44-56(53,54)51-48(45-52)49(43-37-29-27-25-23-21-19-17-15-13-11-9-7-2)55-57(50(3,4)5,46-39-33-31-34-40-46)47-41-35-32-36-42-47/h31-37,39-43,48-49,51-52H,6-30,38,44-45H2,1-5H3/b43-37+/t48-,49+/m0/s1. The topological polar surface area (TPSA) is 75.6 Å². The van der Waals surface area contributed by atoms with Crippen molar-refractivity contribution >= 4 is 28.7 Å². The van der Waals surface area contributed by atoms with E-state index in [-0.39, 0.29) is 17.4 Å². The first-order valence-corrected chi connectivity index (χ1v) is 27.2. The largest absolute Gasteiger partial charge is 0.399 e. The Morgan fingerprint density at radius 3 is 1.33 bits per heavy atom. The summed E-state index contributed by atoms with van der Waals surface area (Å²) >= 11 is 0. The molecule has 0 unspecified atom stereocenters. The molecule has 2 aromatic rings. The zero-order valence-electron chi connectivity index (χ0n) is 37.5. The average molecular weight is 826 g/mol. The van der Waals surface area contributed by atoms with Crippen LogP contribution in [-0.4, -0.2) is 46.3 Å². The number of unbranched alkanes of at least 4 members (excludes halogenated alkanes) is 24. The van der Waals surface area contributed by atoms with Crippen LogP contribution in [0.2, 0.25) is 5.04 Å². The Labute approximate surface area is 353 Å². The molecule has 0 fully saturated rings. The summed E-state index contributed by atoms with van der Waals surface area (Å²) in [6.07, 6.45) is 35.9. The molecule has 2 rings (SSSR count). The Bertz CT molecular complexity index is 1320. The van der Waals surface area contributed by atoms with E-state index in [1.807, 2.05) is 18.2 Å². The van der Waals surface area contributed by atoms with E-state index < -0.39 is 30.5 Å². The van der Waals surface area contributed by atoms with Crippen molar-refractivity contribution < 1.29 is 18.0 Å². The van der Waals surface area contributed by atoms with E-state index in [1.165, 1.54) is 135 Å². The highest BCUT2D eigenvalue weighted by atomic mass is 32.2. The highest BCUT2D eigenvalue weighted by Crippen LogP contribution is 2.38. The van der Waals surface area contributed by atoms with Crippen molar-refractivity contribution in [3.8, 4) is 0 Å². The third-order valence-electron chi connectivity index (χ3n) is 11.7. The van der Waals surface area contributed by atoms with Gasteiger partial charge in [0.25, 0.3) is 8.32 Å². The number of hydrogen-bond donors (Lipinski definition) is 2. The molecule has 0 aliphatic rings. The van der Waals surface area contributed by atoms with Crippen LogP contribution in [0.15, 0.2) is 72.8 Å². The second kappa shape index (κ2) is 31.2. The molecule has 0 saturated carbocycles. The quantitative estimate of drug-likeness (QED) is 0.0408. The van der Waals surface area contributed by atoms with Crippen molar-refractivity contribution in [1.82, 2.24) is 4.72 Å². The summed E-state index contributed by atoms with van der Waals surface area (Å²) in [4.78, 5) is 0. The van der Waals surface area contributed by atoms with Gasteiger partial charge in [-0.3, -0.25) is 0 Å². The zero-order chi connectivity index (χ0) is 41.5. The van der Waals surface area contributed by atoms with Gasteiger partial charge in [0.2, 0.25) is 10.0 Å². The smallest absolute Gasteiger partial charge is 0.261 e. The first-order chi connectivity index (χ1) is 27.6. The Kier molecular flexibility index (Phi) is 28.1. The predicted octanol–water partition coefficient (Wildman–Crippen LogP) is 13.0. The van der Waals surface area contributed by atoms with Gasteiger partial charge in [0.1, 0.15) is 0 Å². The molecular weight excluding hydrogens is 739 g/mol. The summed E-state index contributed by atoms with van der Waals surface area (Å²) in [7, 11) is -6.67. The lowest BCUT2D eigenvalue weighted by molar-refractivity contribution is 0.144. The van der Waals surface area contributed by atoms with Crippen LogP contribution in [0.5, 0.6) is 0 Å². The lowest BCUT2D eigenvalue weighted by Crippen LogP contribution is -2.69. The number of hydrogen-bond acceptors (Lipinski definition) is 4. The number of aliphatic hydroxyl groups excluding tert-OH is 1. The van der Waals surface area contributed by atoms with E-state index >= 15 is 0 Å². The first kappa shape index (κ1) is 51.4. The van der Waals surface area contributed by atoms with Gasteiger partial charge in [0.05, 0.1) is 24.5 Å². The van der Waals surface area contributed by atoms with Gasteiger partial charge in [0, 0.05) is 0 Å². The molecule has 0 aliphatic carbocycles. The van der Waals surface area contributed by atoms with E-state index in [9.17, 15) is 13.5 Å². The Hall–Kier alpha value is -1.77. The Morgan fingerprint density at radius 1 is 0.596 bits per heavy atom. The Morgan fingerprint density at radius 2 is 0.965 bits per heavy atom. The van der Waals surface area contributed by atoms with Crippen molar-refractivity contribution in [3.63, 3.8) is 0 Å². The van der Waals surface area contributed by atoms with Crippen molar-refractivity contribution in [2.75, 3.05) is 12.4 Å². The molecular formula is C50H87NO4SSi. The summed E-state index contributed by atoms with van der Waals surface area (Å²) < 4.78 is 37.7. The minimum Gasteiger partial charge on any atom is -0.399 e. The summed E-state index contributed by atoms with van der Waals surface area (Å²) in [6.45, 7) is 10.9. The molecule has 5 nitrogen and oxygen atoms in total. The van der Waals surface area contributed by atoms with Gasteiger partial charge in [-0.05, 0) is 34.7 Å². The van der Waals surface area contributed by atoms with Gasteiger partial charge in [-0.2, -0.15) is 0 Å². The molecule has 0 saturated heterocycles. The third-order valence-corrected chi connectivity index (χ3v) is 18.2. The van der Waals surface area contributed by atoms with Gasteiger partial charge < -0.3 is 9.53 Å². The first-order valence-electron chi connectivity index (χ1n) is 23.7. The highest BCUT2D eigenvalue weighted by Gasteiger charge is 2.52. The maximum absolute atomic E-state index is 13.6. The minimum atomic E-state index is -3.64. The molecule has 2 N–H and O–H groups in total. The molecule has 57 heavy (non-hydrogen) atoms. The van der Waals surface area contributed by atoms with E-state index in [2.05, 4.69) is 93.9 Å².